The molecule has 0 fully saturated rings. The summed E-state index contributed by atoms with van der Waals surface area (Å²) < 4.78 is 0. The second-order valence-electron chi connectivity index (χ2n) is 2.83. The molecule has 1 nitrogen and oxygen atoms in total. The molecule has 0 radical (unpaired) electrons. The third-order valence-corrected chi connectivity index (χ3v) is 1.57. The molecule has 0 bridgehead atoms. The van der Waals surface area contributed by atoms with Crippen molar-refractivity contribution >= 4 is 0 Å². The first-order valence-corrected chi connectivity index (χ1v) is 4.75. The first kappa shape index (κ1) is 10.5. The van der Waals surface area contributed by atoms with Crippen LogP contribution in [0.3, 0.4) is 0 Å². The highest BCUT2D eigenvalue weighted by atomic mass is 15.1. The minimum absolute atomic E-state index is 1.14. The molecule has 0 saturated heterocycles. The summed E-state index contributed by atoms with van der Waals surface area (Å²) in [4.78, 5) is 2.39. The van der Waals surface area contributed by atoms with Crippen LogP contribution in [0, 0.1) is 0 Å². The largest absolute Gasteiger partial charge is 0.378 e. The first-order valence-electron chi connectivity index (χ1n) is 4.75. The van der Waals surface area contributed by atoms with Crippen molar-refractivity contribution in [3.8, 4) is 0 Å². The summed E-state index contributed by atoms with van der Waals surface area (Å²) in [6.07, 6.45) is 8.09. The number of hydrogen-bond donors (Lipinski definition) is 0. The minimum Gasteiger partial charge on any atom is -0.378 e. The van der Waals surface area contributed by atoms with Gasteiger partial charge in [0.1, 0.15) is 0 Å². The first-order chi connectivity index (χ1) is 5.35. The van der Waals surface area contributed by atoms with Crippen molar-refractivity contribution in [3.05, 3.63) is 12.3 Å². The monoisotopic (exact) mass is 155 g/mol. The normalized spacial score (nSPS) is 10.8. The second-order valence-corrected chi connectivity index (χ2v) is 2.83. The van der Waals surface area contributed by atoms with Gasteiger partial charge >= 0.3 is 0 Å². The van der Waals surface area contributed by atoms with Crippen LogP contribution in [0.4, 0.5) is 0 Å². The molecule has 11 heavy (non-hydrogen) atoms. The number of nitrogens with zero attached hydrogens (tertiary/aromatic N) is 1. The predicted molar refractivity (Wildman–Crippen MR) is 51.6 cm³/mol. The standard InChI is InChI=1S/C10H21N/c1-4-7-10-11(8-5-2)9-6-3/h7,10H,4-6,8-9H2,1-3H3. The van der Waals surface area contributed by atoms with Crippen molar-refractivity contribution in [2.24, 2.45) is 0 Å². The lowest BCUT2D eigenvalue weighted by atomic mass is 10.3. The van der Waals surface area contributed by atoms with Crippen LogP contribution in [0.25, 0.3) is 0 Å². The van der Waals surface area contributed by atoms with Crippen LogP contribution < -0.4 is 0 Å². The van der Waals surface area contributed by atoms with E-state index in [1.807, 2.05) is 0 Å². The third kappa shape index (κ3) is 5.96. The smallest absolute Gasteiger partial charge is 0.0169 e. The van der Waals surface area contributed by atoms with E-state index in [-0.39, 0.29) is 0 Å². The van der Waals surface area contributed by atoms with Gasteiger partial charge < -0.3 is 4.90 Å². The zero-order valence-electron chi connectivity index (χ0n) is 8.14. The van der Waals surface area contributed by atoms with Crippen molar-refractivity contribution < 1.29 is 0 Å². The van der Waals surface area contributed by atoms with E-state index in [1.165, 1.54) is 25.9 Å². The molecule has 0 heterocycles. The molecule has 0 amide bonds. The summed E-state index contributed by atoms with van der Waals surface area (Å²) in [7, 11) is 0. The van der Waals surface area contributed by atoms with Gasteiger partial charge in [-0.15, -0.1) is 0 Å². The Balaban J connectivity index is 3.58. The van der Waals surface area contributed by atoms with Gasteiger partial charge in [0.25, 0.3) is 0 Å². The lowest BCUT2D eigenvalue weighted by molar-refractivity contribution is 0.375. The maximum Gasteiger partial charge on any atom is 0.0169 e. The quantitative estimate of drug-likeness (QED) is 0.570. The summed E-state index contributed by atoms with van der Waals surface area (Å²) >= 11 is 0. The number of allylic oxidation sites excluding steroid dienone is 1. The Labute approximate surface area is 71.1 Å². The van der Waals surface area contributed by atoms with Crippen molar-refractivity contribution in [2.75, 3.05) is 13.1 Å². The molecule has 66 valence electrons. The van der Waals surface area contributed by atoms with E-state index < -0.39 is 0 Å². The summed E-state index contributed by atoms with van der Waals surface area (Å²) in [6, 6.07) is 0. The molecule has 0 aromatic carbocycles. The van der Waals surface area contributed by atoms with E-state index in [0.29, 0.717) is 0 Å². The van der Waals surface area contributed by atoms with E-state index in [2.05, 4.69) is 37.9 Å². The van der Waals surface area contributed by atoms with Gasteiger partial charge in [0.05, 0.1) is 0 Å². The fraction of sp³-hybridized carbons (Fsp3) is 0.800. The van der Waals surface area contributed by atoms with Crippen LogP contribution in [0.2, 0.25) is 0 Å². The van der Waals surface area contributed by atoms with Crippen LogP contribution in [-0.2, 0) is 0 Å². The van der Waals surface area contributed by atoms with Gasteiger partial charge in [0.15, 0.2) is 0 Å². The van der Waals surface area contributed by atoms with E-state index in [4.69, 9.17) is 0 Å². The van der Waals surface area contributed by atoms with Gasteiger partial charge in [0, 0.05) is 13.1 Å². The van der Waals surface area contributed by atoms with Gasteiger partial charge in [-0.1, -0.05) is 26.8 Å². The molecular weight excluding hydrogens is 134 g/mol. The van der Waals surface area contributed by atoms with Crippen molar-refractivity contribution in [1.29, 1.82) is 0 Å². The van der Waals surface area contributed by atoms with Crippen molar-refractivity contribution in [2.45, 2.75) is 40.0 Å². The fourth-order valence-corrected chi connectivity index (χ4v) is 1.09. The Morgan fingerprint density at radius 1 is 1.00 bits per heavy atom. The van der Waals surface area contributed by atoms with Crippen LogP contribution in [0.1, 0.15) is 40.0 Å². The van der Waals surface area contributed by atoms with Crippen LogP contribution in [0.15, 0.2) is 12.3 Å². The van der Waals surface area contributed by atoms with E-state index in [1.54, 1.807) is 0 Å². The van der Waals surface area contributed by atoms with E-state index in [9.17, 15) is 0 Å². The SMILES string of the molecule is CCC=CN(CCC)CCC. The van der Waals surface area contributed by atoms with Crippen LogP contribution >= 0.6 is 0 Å². The van der Waals surface area contributed by atoms with Crippen LogP contribution in [0.5, 0.6) is 0 Å². The molecule has 0 aliphatic rings. The molecule has 0 rings (SSSR count). The van der Waals surface area contributed by atoms with Gasteiger partial charge in [-0.3, -0.25) is 0 Å². The predicted octanol–water partition coefficient (Wildman–Crippen LogP) is 3.03. The fourth-order valence-electron chi connectivity index (χ4n) is 1.09. The molecule has 0 atom stereocenters. The highest BCUT2D eigenvalue weighted by Crippen LogP contribution is 1.95. The lowest BCUT2D eigenvalue weighted by Crippen LogP contribution is -2.18. The van der Waals surface area contributed by atoms with Crippen molar-refractivity contribution in [3.63, 3.8) is 0 Å². The molecule has 0 unspecified atom stereocenters. The van der Waals surface area contributed by atoms with Crippen LogP contribution in [-0.4, -0.2) is 18.0 Å². The Hall–Kier alpha value is -0.460. The molecule has 0 aromatic heterocycles. The summed E-state index contributed by atoms with van der Waals surface area (Å²) in [5, 5.41) is 0. The van der Waals surface area contributed by atoms with Gasteiger partial charge in [-0.25, -0.2) is 0 Å². The molecule has 0 aliphatic carbocycles. The average molecular weight is 155 g/mol. The second kappa shape index (κ2) is 7.64. The van der Waals surface area contributed by atoms with Gasteiger partial charge in [-0.2, -0.15) is 0 Å². The lowest BCUT2D eigenvalue weighted by Gasteiger charge is -2.18. The van der Waals surface area contributed by atoms with E-state index in [0.717, 1.165) is 6.42 Å². The highest BCUT2D eigenvalue weighted by molar-refractivity contribution is 4.80. The Kier molecular flexibility index (Phi) is 7.33. The summed E-state index contributed by atoms with van der Waals surface area (Å²) in [5.41, 5.74) is 0. The number of rotatable bonds is 6. The molecule has 0 saturated carbocycles. The highest BCUT2D eigenvalue weighted by Gasteiger charge is 1.92. The Morgan fingerprint density at radius 3 is 1.91 bits per heavy atom. The Bertz CT molecular complexity index is 91.0. The zero-order chi connectivity index (χ0) is 8.53. The summed E-state index contributed by atoms with van der Waals surface area (Å²) in [6.45, 7) is 9.02. The molecule has 0 aliphatic heterocycles. The average Bonchev–Trinajstić information content (AvgIpc) is 2.01. The summed E-state index contributed by atoms with van der Waals surface area (Å²) in [5.74, 6) is 0. The Morgan fingerprint density at radius 2 is 1.55 bits per heavy atom. The number of hydrogen-bond acceptors (Lipinski definition) is 1. The molecule has 1 heteroatoms. The minimum atomic E-state index is 1.14. The third-order valence-electron chi connectivity index (χ3n) is 1.57. The molecule has 0 aromatic rings. The van der Waals surface area contributed by atoms with E-state index >= 15 is 0 Å². The van der Waals surface area contributed by atoms with Crippen molar-refractivity contribution in [1.82, 2.24) is 4.90 Å². The molecule has 0 spiro atoms. The molecular formula is C10H21N. The maximum absolute atomic E-state index is 2.39. The maximum atomic E-state index is 2.39. The topological polar surface area (TPSA) is 3.24 Å². The molecule has 0 N–H and O–H groups in total. The van der Waals surface area contributed by atoms with Gasteiger partial charge in [-0.05, 0) is 25.5 Å². The van der Waals surface area contributed by atoms with Gasteiger partial charge in [0.2, 0.25) is 0 Å². The zero-order valence-corrected chi connectivity index (χ0v) is 8.14.